The summed E-state index contributed by atoms with van der Waals surface area (Å²) in [5.41, 5.74) is 0.254. The number of alkyl halides is 3. The first kappa shape index (κ1) is 13.9. The highest BCUT2D eigenvalue weighted by molar-refractivity contribution is 5.86. The molecule has 0 bridgehead atoms. The van der Waals surface area contributed by atoms with Crippen LogP contribution in [0.15, 0.2) is 30.5 Å². The number of aromatic nitrogens is 2. The molecular weight excluding hydrogens is 277 g/mol. The molecular formula is C12H9F3N2O3. The number of hydrogen-bond acceptors (Lipinski definition) is 3. The molecule has 0 fully saturated rings. The fourth-order valence-corrected chi connectivity index (χ4v) is 1.71. The van der Waals surface area contributed by atoms with Crippen LogP contribution in [0.2, 0.25) is 0 Å². The average molecular weight is 286 g/mol. The van der Waals surface area contributed by atoms with Gasteiger partial charge in [0.05, 0.1) is 6.20 Å². The molecule has 0 unspecified atom stereocenters. The van der Waals surface area contributed by atoms with Gasteiger partial charge in [0.25, 0.3) is 0 Å². The molecule has 8 heteroatoms. The van der Waals surface area contributed by atoms with Crippen molar-refractivity contribution in [2.45, 2.75) is 6.36 Å². The first-order valence-electron chi connectivity index (χ1n) is 5.39. The number of nitrogens with zero attached hydrogens (tertiary/aromatic N) is 2. The molecule has 106 valence electrons. The summed E-state index contributed by atoms with van der Waals surface area (Å²) < 4.78 is 41.5. The molecule has 0 saturated heterocycles. The third-order valence-corrected chi connectivity index (χ3v) is 2.53. The number of carboxylic acid groups (broad SMARTS) is 1. The van der Waals surface area contributed by atoms with Gasteiger partial charge in [-0.1, -0.05) is 12.1 Å². The van der Waals surface area contributed by atoms with E-state index in [0.29, 0.717) is 5.56 Å². The molecule has 0 aliphatic carbocycles. The number of carbonyl (C=O) groups is 1. The van der Waals surface area contributed by atoms with Gasteiger partial charge >= 0.3 is 12.3 Å². The third-order valence-electron chi connectivity index (χ3n) is 2.53. The van der Waals surface area contributed by atoms with Gasteiger partial charge < -0.3 is 14.4 Å². The van der Waals surface area contributed by atoms with Gasteiger partial charge in [0, 0.05) is 12.6 Å². The summed E-state index contributed by atoms with van der Waals surface area (Å²) in [6, 6.07) is 5.17. The van der Waals surface area contributed by atoms with Crippen LogP contribution in [-0.2, 0) is 7.05 Å². The Labute approximate surface area is 111 Å². The maximum absolute atomic E-state index is 12.1. The molecule has 0 radical (unpaired) electrons. The lowest BCUT2D eigenvalue weighted by molar-refractivity contribution is -0.274. The van der Waals surface area contributed by atoms with Gasteiger partial charge in [-0.3, -0.25) is 0 Å². The summed E-state index contributed by atoms with van der Waals surface area (Å²) in [7, 11) is 1.46. The summed E-state index contributed by atoms with van der Waals surface area (Å²) >= 11 is 0. The number of benzene rings is 1. The lowest BCUT2D eigenvalue weighted by atomic mass is 10.2. The predicted octanol–water partition coefficient (Wildman–Crippen LogP) is 2.68. The molecule has 1 aromatic heterocycles. The van der Waals surface area contributed by atoms with Gasteiger partial charge in [0.15, 0.2) is 0 Å². The molecule has 2 aromatic rings. The van der Waals surface area contributed by atoms with E-state index in [1.54, 1.807) is 0 Å². The van der Waals surface area contributed by atoms with Crippen LogP contribution in [0, 0.1) is 0 Å². The number of hydrogen-bond donors (Lipinski definition) is 1. The zero-order chi connectivity index (χ0) is 14.9. The highest BCUT2D eigenvalue weighted by Gasteiger charge is 2.31. The van der Waals surface area contributed by atoms with E-state index in [-0.39, 0.29) is 11.5 Å². The lowest BCUT2D eigenvalue weighted by Gasteiger charge is -2.10. The van der Waals surface area contributed by atoms with E-state index in [4.69, 9.17) is 5.11 Å². The first-order chi connectivity index (χ1) is 9.28. The van der Waals surface area contributed by atoms with Gasteiger partial charge in [-0.2, -0.15) is 0 Å². The van der Waals surface area contributed by atoms with Gasteiger partial charge in [0.1, 0.15) is 17.3 Å². The number of imidazole rings is 1. The largest absolute Gasteiger partial charge is 0.573 e. The molecule has 20 heavy (non-hydrogen) atoms. The van der Waals surface area contributed by atoms with E-state index in [9.17, 15) is 18.0 Å². The Morgan fingerprint density at radius 3 is 2.65 bits per heavy atom. The van der Waals surface area contributed by atoms with Crippen molar-refractivity contribution in [2.24, 2.45) is 7.05 Å². The average Bonchev–Trinajstić information content (AvgIpc) is 2.69. The summed E-state index contributed by atoms with van der Waals surface area (Å²) in [5.74, 6) is -1.33. The molecule has 0 saturated carbocycles. The van der Waals surface area contributed by atoms with Gasteiger partial charge in [0.2, 0.25) is 0 Å². The maximum Gasteiger partial charge on any atom is 0.573 e. The minimum absolute atomic E-state index is 0.0675. The molecule has 1 heterocycles. The Morgan fingerprint density at radius 2 is 2.10 bits per heavy atom. The van der Waals surface area contributed by atoms with Crippen LogP contribution in [0.3, 0.4) is 0 Å². The number of aromatic carboxylic acids is 1. The van der Waals surface area contributed by atoms with Gasteiger partial charge in [-0.05, 0) is 12.1 Å². The molecule has 2 rings (SSSR count). The van der Waals surface area contributed by atoms with E-state index in [1.807, 2.05) is 0 Å². The van der Waals surface area contributed by atoms with Crippen LogP contribution in [-0.4, -0.2) is 27.0 Å². The monoisotopic (exact) mass is 286 g/mol. The summed E-state index contributed by atoms with van der Waals surface area (Å²) in [5, 5.41) is 8.90. The van der Waals surface area contributed by atoms with E-state index < -0.39 is 18.1 Å². The van der Waals surface area contributed by atoms with E-state index in [1.165, 1.54) is 23.7 Å². The second-order valence-electron chi connectivity index (χ2n) is 3.91. The zero-order valence-corrected chi connectivity index (χ0v) is 10.2. The Kier molecular flexibility index (Phi) is 3.39. The Hall–Kier alpha value is -2.51. The van der Waals surface area contributed by atoms with Crippen molar-refractivity contribution in [1.82, 2.24) is 9.55 Å². The quantitative estimate of drug-likeness (QED) is 0.942. The first-order valence-corrected chi connectivity index (χ1v) is 5.39. The molecule has 0 atom stereocenters. The van der Waals surface area contributed by atoms with Crippen molar-refractivity contribution in [3.05, 3.63) is 36.2 Å². The van der Waals surface area contributed by atoms with Crippen LogP contribution >= 0.6 is 0 Å². The number of ether oxygens (including phenoxy) is 1. The molecule has 5 nitrogen and oxygen atoms in total. The summed E-state index contributed by atoms with van der Waals surface area (Å²) in [6.07, 6.45) is -3.65. The molecule has 0 amide bonds. The minimum atomic E-state index is -4.79. The van der Waals surface area contributed by atoms with Gasteiger partial charge in [-0.25, -0.2) is 9.78 Å². The van der Waals surface area contributed by atoms with Crippen LogP contribution in [0.5, 0.6) is 5.75 Å². The standard InChI is InChI=1S/C12H9F3N2O3/c1-17-9(11(18)19)6-16-10(17)7-3-2-4-8(5-7)20-12(13,14)15/h2-6H,1H3,(H,18,19). The molecule has 0 aliphatic heterocycles. The number of carboxylic acids is 1. The topological polar surface area (TPSA) is 64.4 Å². The number of rotatable bonds is 3. The lowest BCUT2D eigenvalue weighted by Crippen LogP contribution is -2.17. The highest BCUT2D eigenvalue weighted by Crippen LogP contribution is 2.27. The van der Waals surface area contributed by atoms with Crippen molar-refractivity contribution >= 4 is 5.97 Å². The van der Waals surface area contributed by atoms with E-state index >= 15 is 0 Å². The van der Waals surface area contributed by atoms with Crippen LogP contribution in [0.25, 0.3) is 11.4 Å². The third kappa shape index (κ3) is 2.90. The Balaban J connectivity index is 2.39. The molecule has 0 aliphatic rings. The normalized spacial score (nSPS) is 11.4. The van der Waals surface area contributed by atoms with Crippen LogP contribution < -0.4 is 4.74 Å². The van der Waals surface area contributed by atoms with Crippen molar-refractivity contribution in [1.29, 1.82) is 0 Å². The van der Waals surface area contributed by atoms with Crippen molar-refractivity contribution in [3.63, 3.8) is 0 Å². The zero-order valence-electron chi connectivity index (χ0n) is 10.2. The molecule has 0 spiro atoms. The second kappa shape index (κ2) is 4.87. The van der Waals surface area contributed by atoms with Crippen molar-refractivity contribution in [3.8, 4) is 17.1 Å². The number of halogens is 3. The van der Waals surface area contributed by atoms with Crippen LogP contribution in [0.1, 0.15) is 10.5 Å². The fraction of sp³-hybridized carbons (Fsp3) is 0.167. The second-order valence-corrected chi connectivity index (χ2v) is 3.91. The SMILES string of the molecule is Cn1c(C(=O)O)cnc1-c1cccc(OC(F)(F)F)c1. The van der Waals surface area contributed by atoms with E-state index in [2.05, 4.69) is 9.72 Å². The fourth-order valence-electron chi connectivity index (χ4n) is 1.71. The van der Waals surface area contributed by atoms with Crippen molar-refractivity contribution in [2.75, 3.05) is 0 Å². The Bertz CT molecular complexity index is 650. The maximum atomic E-state index is 12.1. The minimum Gasteiger partial charge on any atom is -0.477 e. The predicted molar refractivity (Wildman–Crippen MR) is 62.3 cm³/mol. The smallest absolute Gasteiger partial charge is 0.477 e. The Morgan fingerprint density at radius 1 is 1.40 bits per heavy atom. The van der Waals surface area contributed by atoms with Crippen LogP contribution in [0.4, 0.5) is 13.2 Å². The highest BCUT2D eigenvalue weighted by atomic mass is 19.4. The molecule has 1 aromatic carbocycles. The summed E-state index contributed by atoms with van der Waals surface area (Å²) in [6.45, 7) is 0. The van der Waals surface area contributed by atoms with E-state index in [0.717, 1.165) is 18.3 Å². The van der Waals surface area contributed by atoms with Gasteiger partial charge in [-0.15, -0.1) is 13.2 Å². The van der Waals surface area contributed by atoms with Crippen molar-refractivity contribution < 1.29 is 27.8 Å². The molecule has 1 N–H and O–H groups in total. The summed E-state index contributed by atoms with van der Waals surface area (Å²) in [4.78, 5) is 14.8.